The second-order valence-electron chi connectivity index (χ2n) is 4.47. The first-order valence-corrected chi connectivity index (χ1v) is 7.34. The third-order valence-corrected chi connectivity index (χ3v) is 4.08. The van der Waals surface area contributed by atoms with Gasteiger partial charge in [0.15, 0.2) is 0 Å². The van der Waals surface area contributed by atoms with E-state index in [-0.39, 0.29) is 5.75 Å². The maximum atomic E-state index is 10.7. The van der Waals surface area contributed by atoms with Crippen LogP contribution in [-0.4, -0.2) is 21.8 Å². The van der Waals surface area contributed by atoms with Crippen molar-refractivity contribution in [3.63, 3.8) is 0 Å². The van der Waals surface area contributed by atoms with Crippen molar-refractivity contribution in [2.45, 2.75) is 31.7 Å². The van der Waals surface area contributed by atoms with Crippen molar-refractivity contribution in [3.8, 4) is 0 Å². The molecule has 0 saturated heterocycles. The molecule has 1 aromatic heterocycles. The minimum Gasteiger partial charge on any atom is -0.481 e. The minimum absolute atomic E-state index is 0.0570. The van der Waals surface area contributed by atoms with Gasteiger partial charge in [-0.15, -0.1) is 0 Å². The fourth-order valence-corrected chi connectivity index (χ4v) is 3.03. The third kappa shape index (κ3) is 3.07. The maximum absolute atomic E-state index is 10.7. The van der Waals surface area contributed by atoms with E-state index in [0.29, 0.717) is 0 Å². The number of nitrogens with zero attached hydrogens (tertiary/aromatic N) is 1. The molecule has 1 N–H and O–H groups in total. The van der Waals surface area contributed by atoms with Crippen LogP contribution < -0.4 is 0 Å². The molecule has 0 bridgehead atoms. The van der Waals surface area contributed by atoms with Gasteiger partial charge in [0.2, 0.25) is 0 Å². The van der Waals surface area contributed by atoms with Crippen LogP contribution in [0.1, 0.15) is 24.5 Å². The lowest BCUT2D eigenvalue weighted by Gasteiger charge is -2.13. The van der Waals surface area contributed by atoms with E-state index < -0.39 is 5.97 Å². The highest BCUT2D eigenvalue weighted by molar-refractivity contribution is 7.99. The Bertz CT molecular complexity index is 610. The number of pyridine rings is 1. The van der Waals surface area contributed by atoms with E-state index in [1.807, 2.05) is 18.2 Å². The Labute approximate surface area is 117 Å². The van der Waals surface area contributed by atoms with Gasteiger partial charge in [0, 0.05) is 5.39 Å². The Morgan fingerprint density at radius 1 is 1.37 bits per heavy atom. The van der Waals surface area contributed by atoms with E-state index in [1.165, 1.54) is 22.9 Å². The van der Waals surface area contributed by atoms with Gasteiger partial charge >= 0.3 is 5.97 Å². The number of fused-ring (bicyclic) bond motifs is 1. The van der Waals surface area contributed by atoms with Crippen molar-refractivity contribution in [2.24, 2.45) is 0 Å². The summed E-state index contributed by atoms with van der Waals surface area (Å²) in [6.45, 7) is 4.22. The van der Waals surface area contributed by atoms with Crippen LogP contribution in [0.25, 0.3) is 10.9 Å². The van der Waals surface area contributed by atoms with Gasteiger partial charge in [0.25, 0.3) is 0 Å². The number of carbonyl (C=O) groups is 1. The first-order chi connectivity index (χ1) is 9.13. The predicted molar refractivity (Wildman–Crippen MR) is 78.8 cm³/mol. The summed E-state index contributed by atoms with van der Waals surface area (Å²) < 4.78 is 0. The molecule has 1 aromatic carbocycles. The highest BCUT2D eigenvalue weighted by Gasteiger charge is 2.12. The van der Waals surface area contributed by atoms with Crippen molar-refractivity contribution < 1.29 is 9.90 Å². The Balaban J connectivity index is 2.52. The van der Waals surface area contributed by atoms with Crippen molar-refractivity contribution in [3.05, 3.63) is 35.4 Å². The van der Waals surface area contributed by atoms with Gasteiger partial charge in [-0.3, -0.25) is 4.79 Å². The molecule has 19 heavy (non-hydrogen) atoms. The summed E-state index contributed by atoms with van der Waals surface area (Å²) in [5.41, 5.74) is 3.35. The van der Waals surface area contributed by atoms with Gasteiger partial charge in [0.1, 0.15) is 5.03 Å². The van der Waals surface area contributed by atoms with Gasteiger partial charge in [-0.1, -0.05) is 43.3 Å². The molecule has 0 spiro atoms. The number of benzene rings is 1. The minimum atomic E-state index is -0.805. The summed E-state index contributed by atoms with van der Waals surface area (Å²) >= 11 is 1.31. The molecular formula is C15H17NO2S. The largest absolute Gasteiger partial charge is 0.481 e. The molecule has 0 unspecified atom stereocenters. The van der Waals surface area contributed by atoms with Gasteiger partial charge in [-0.25, -0.2) is 4.98 Å². The quantitative estimate of drug-likeness (QED) is 0.846. The fraction of sp³-hybridized carbons (Fsp3) is 0.333. The molecule has 4 heteroatoms. The average Bonchev–Trinajstić information content (AvgIpc) is 2.40. The molecule has 1 heterocycles. The number of rotatable bonds is 5. The van der Waals surface area contributed by atoms with Crippen molar-refractivity contribution in [2.75, 3.05) is 5.75 Å². The van der Waals surface area contributed by atoms with E-state index in [9.17, 15) is 4.79 Å². The first kappa shape index (κ1) is 13.9. The number of hydrogen-bond acceptors (Lipinski definition) is 3. The zero-order valence-corrected chi connectivity index (χ0v) is 12.0. The van der Waals surface area contributed by atoms with E-state index in [1.54, 1.807) is 0 Å². The number of aliphatic carboxylic acids is 1. The predicted octanol–water partition coefficient (Wildman–Crippen LogP) is 3.67. The molecule has 0 atom stereocenters. The summed E-state index contributed by atoms with van der Waals surface area (Å²) in [5.74, 6) is -0.748. The number of hydrogen-bond donors (Lipinski definition) is 1. The zero-order valence-electron chi connectivity index (χ0n) is 11.1. The molecule has 2 rings (SSSR count). The number of thioether (sulfide) groups is 1. The molecule has 0 fully saturated rings. The second kappa shape index (κ2) is 6.06. The Morgan fingerprint density at radius 3 is 2.79 bits per heavy atom. The molecule has 0 aliphatic carbocycles. The monoisotopic (exact) mass is 275 g/mol. The molecule has 2 aromatic rings. The van der Waals surface area contributed by atoms with Gasteiger partial charge in [-0.2, -0.15) is 0 Å². The van der Waals surface area contributed by atoms with E-state index in [0.717, 1.165) is 28.8 Å². The van der Waals surface area contributed by atoms with Crippen LogP contribution in [0.4, 0.5) is 0 Å². The van der Waals surface area contributed by atoms with Gasteiger partial charge in [0.05, 0.1) is 11.3 Å². The number of carboxylic acid groups (broad SMARTS) is 1. The van der Waals surface area contributed by atoms with E-state index >= 15 is 0 Å². The number of aromatic nitrogens is 1. The van der Waals surface area contributed by atoms with Crippen molar-refractivity contribution in [1.29, 1.82) is 0 Å². The van der Waals surface area contributed by atoms with Crippen molar-refractivity contribution in [1.82, 2.24) is 4.98 Å². The average molecular weight is 275 g/mol. The summed E-state index contributed by atoms with van der Waals surface area (Å²) in [7, 11) is 0. The van der Waals surface area contributed by atoms with E-state index in [4.69, 9.17) is 5.11 Å². The summed E-state index contributed by atoms with van der Waals surface area (Å²) in [6, 6.07) is 8.02. The SMILES string of the molecule is CCCc1c(SCC(=O)O)nc2ccccc2c1C. The second-order valence-corrected chi connectivity index (χ2v) is 5.43. The fourth-order valence-electron chi connectivity index (χ4n) is 2.18. The number of para-hydroxylation sites is 1. The Kier molecular flexibility index (Phi) is 4.43. The highest BCUT2D eigenvalue weighted by atomic mass is 32.2. The molecule has 0 aliphatic rings. The standard InChI is InChI=1S/C15H17NO2S/c1-3-6-12-10(2)11-7-4-5-8-13(11)16-15(12)19-9-14(17)18/h4-5,7-8H,3,6,9H2,1-2H3,(H,17,18). The van der Waals surface area contributed by atoms with Crippen LogP contribution in [0, 0.1) is 6.92 Å². The van der Waals surface area contributed by atoms with Crippen LogP contribution in [0.5, 0.6) is 0 Å². The lowest BCUT2D eigenvalue weighted by molar-refractivity contribution is -0.133. The lowest BCUT2D eigenvalue weighted by Crippen LogP contribution is -2.02. The highest BCUT2D eigenvalue weighted by Crippen LogP contribution is 2.29. The third-order valence-electron chi connectivity index (χ3n) is 3.07. The molecular weight excluding hydrogens is 258 g/mol. The normalized spacial score (nSPS) is 10.8. The van der Waals surface area contributed by atoms with Crippen LogP contribution in [0.2, 0.25) is 0 Å². The molecule has 3 nitrogen and oxygen atoms in total. The summed E-state index contributed by atoms with van der Waals surface area (Å²) in [4.78, 5) is 15.4. The summed E-state index contributed by atoms with van der Waals surface area (Å²) in [5, 5.41) is 10.8. The molecule has 0 radical (unpaired) electrons. The van der Waals surface area contributed by atoms with Crippen LogP contribution >= 0.6 is 11.8 Å². The molecule has 0 saturated carbocycles. The number of carboxylic acids is 1. The smallest absolute Gasteiger partial charge is 0.313 e. The molecule has 0 amide bonds. The first-order valence-electron chi connectivity index (χ1n) is 6.36. The van der Waals surface area contributed by atoms with Gasteiger partial charge < -0.3 is 5.11 Å². The maximum Gasteiger partial charge on any atom is 0.313 e. The molecule has 0 aliphatic heterocycles. The lowest BCUT2D eigenvalue weighted by atomic mass is 10.0. The van der Waals surface area contributed by atoms with Crippen LogP contribution in [0.3, 0.4) is 0 Å². The van der Waals surface area contributed by atoms with Gasteiger partial charge in [-0.05, 0) is 30.5 Å². The Morgan fingerprint density at radius 2 is 2.11 bits per heavy atom. The zero-order chi connectivity index (χ0) is 13.8. The topological polar surface area (TPSA) is 50.2 Å². The number of aryl methyl sites for hydroxylation is 1. The summed E-state index contributed by atoms with van der Waals surface area (Å²) in [6.07, 6.45) is 1.97. The Hall–Kier alpha value is -1.55. The van der Waals surface area contributed by atoms with Crippen LogP contribution in [-0.2, 0) is 11.2 Å². The molecule has 100 valence electrons. The van der Waals surface area contributed by atoms with Crippen LogP contribution in [0.15, 0.2) is 29.3 Å². The van der Waals surface area contributed by atoms with E-state index in [2.05, 4.69) is 24.9 Å². The van der Waals surface area contributed by atoms with Crippen molar-refractivity contribution >= 4 is 28.6 Å².